The van der Waals surface area contributed by atoms with Crippen molar-refractivity contribution in [3.8, 4) is 0 Å². The van der Waals surface area contributed by atoms with Crippen molar-refractivity contribution in [2.75, 3.05) is 13.2 Å². The highest BCUT2D eigenvalue weighted by Crippen LogP contribution is 2.10. The summed E-state index contributed by atoms with van der Waals surface area (Å²) in [4.78, 5) is 11.6. The quantitative estimate of drug-likeness (QED) is 0.780. The van der Waals surface area contributed by atoms with Crippen molar-refractivity contribution in [3.05, 3.63) is 18.0 Å². The number of amides is 1. The van der Waals surface area contributed by atoms with Crippen molar-refractivity contribution in [1.29, 1.82) is 0 Å². The SMILES string of the molecule is Cn1ccc(C(=O)NCC2CCCO2)n1. The molecule has 0 aliphatic carbocycles. The van der Waals surface area contributed by atoms with Crippen LogP contribution < -0.4 is 5.32 Å². The van der Waals surface area contributed by atoms with Crippen molar-refractivity contribution < 1.29 is 9.53 Å². The molecule has 2 rings (SSSR count). The summed E-state index contributed by atoms with van der Waals surface area (Å²) in [5.41, 5.74) is 0.454. The van der Waals surface area contributed by atoms with Gasteiger partial charge in [-0.25, -0.2) is 0 Å². The van der Waals surface area contributed by atoms with Gasteiger partial charge in [-0.3, -0.25) is 9.48 Å². The number of hydrogen-bond donors (Lipinski definition) is 1. The molecule has 0 bridgehead atoms. The Bertz CT molecular complexity index is 342. The van der Waals surface area contributed by atoms with Gasteiger partial charge in [-0.15, -0.1) is 0 Å². The number of carbonyl (C=O) groups is 1. The lowest BCUT2D eigenvalue weighted by atomic mass is 10.2. The highest BCUT2D eigenvalue weighted by atomic mass is 16.5. The molecule has 5 nitrogen and oxygen atoms in total. The van der Waals surface area contributed by atoms with Gasteiger partial charge in [0.15, 0.2) is 0 Å². The molecule has 0 saturated carbocycles. The van der Waals surface area contributed by atoms with Crippen LogP contribution in [0.2, 0.25) is 0 Å². The zero-order valence-corrected chi connectivity index (χ0v) is 8.77. The molecular formula is C10H15N3O2. The smallest absolute Gasteiger partial charge is 0.271 e. The van der Waals surface area contributed by atoms with Crippen LogP contribution in [0.3, 0.4) is 0 Å². The van der Waals surface area contributed by atoms with E-state index in [-0.39, 0.29) is 12.0 Å². The van der Waals surface area contributed by atoms with E-state index in [9.17, 15) is 4.79 Å². The Balaban J connectivity index is 1.81. The highest BCUT2D eigenvalue weighted by molar-refractivity contribution is 5.92. The van der Waals surface area contributed by atoms with Crippen LogP contribution in [0.5, 0.6) is 0 Å². The molecule has 1 aromatic heterocycles. The van der Waals surface area contributed by atoms with E-state index in [0.717, 1.165) is 19.4 Å². The molecule has 1 aromatic rings. The first-order valence-electron chi connectivity index (χ1n) is 5.15. The third-order valence-corrected chi connectivity index (χ3v) is 2.46. The van der Waals surface area contributed by atoms with Crippen molar-refractivity contribution in [2.45, 2.75) is 18.9 Å². The summed E-state index contributed by atoms with van der Waals surface area (Å²) in [5.74, 6) is -0.133. The average molecular weight is 209 g/mol. The Kier molecular flexibility index (Phi) is 3.01. The van der Waals surface area contributed by atoms with E-state index < -0.39 is 0 Å². The first-order valence-corrected chi connectivity index (χ1v) is 5.15. The zero-order valence-electron chi connectivity index (χ0n) is 8.77. The number of nitrogens with zero attached hydrogens (tertiary/aromatic N) is 2. The summed E-state index contributed by atoms with van der Waals surface area (Å²) in [5, 5.41) is 6.83. The minimum atomic E-state index is -0.133. The second-order valence-corrected chi connectivity index (χ2v) is 3.72. The summed E-state index contributed by atoms with van der Waals surface area (Å²) in [6, 6.07) is 1.70. The molecule has 5 heteroatoms. The number of hydrogen-bond acceptors (Lipinski definition) is 3. The van der Waals surface area contributed by atoms with Crippen LogP contribution in [0.1, 0.15) is 23.3 Å². The predicted molar refractivity (Wildman–Crippen MR) is 54.5 cm³/mol. The third-order valence-electron chi connectivity index (χ3n) is 2.46. The van der Waals surface area contributed by atoms with Gasteiger partial charge < -0.3 is 10.1 Å². The molecule has 2 heterocycles. The van der Waals surface area contributed by atoms with Gasteiger partial charge in [-0.2, -0.15) is 5.10 Å². The van der Waals surface area contributed by atoms with Gasteiger partial charge in [-0.05, 0) is 18.9 Å². The van der Waals surface area contributed by atoms with Gasteiger partial charge in [0.2, 0.25) is 0 Å². The Hall–Kier alpha value is -1.36. The lowest BCUT2D eigenvalue weighted by Crippen LogP contribution is -2.32. The molecule has 1 fully saturated rings. The van der Waals surface area contributed by atoms with Gasteiger partial charge in [0.25, 0.3) is 5.91 Å². The minimum absolute atomic E-state index is 0.133. The molecule has 0 aromatic carbocycles. The number of ether oxygens (including phenoxy) is 1. The summed E-state index contributed by atoms with van der Waals surface area (Å²) in [7, 11) is 1.79. The molecule has 82 valence electrons. The molecule has 1 N–H and O–H groups in total. The lowest BCUT2D eigenvalue weighted by Gasteiger charge is -2.09. The fourth-order valence-electron chi connectivity index (χ4n) is 1.64. The van der Waals surface area contributed by atoms with Crippen LogP contribution in [-0.4, -0.2) is 34.9 Å². The van der Waals surface area contributed by atoms with E-state index >= 15 is 0 Å². The number of aromatic nitrogens is 2. The maximum atomic E-state index is 11.6. The zero-order chi connectivity index (χ0) is 10.7. The van der Waals surface area contributed by atoms with Crippen molar-refractivity contribution >= 4 is 5.91 Å². The van der Waals surface area contributed by atoms with Crippen LogP contribution in [-0.2, 0) is 11.8 Å². The molecular weight excluding hydrogens is 194 g/mol. The maximum absolute atomic E-state index is 11.6. The molecule has 1 unspecified atom stereocenters. The van der Waals surface area contributed by atoms with Crippen molar-refractivity contribution in [1.82, 2.24) is 15.1 Å². The van der Waals surface area contributed by atoms with E-state index in [0.29, 0.717) is 12.2 Å². The Morgan fingerprint density at radius 1 is 1.80 bits per heavy atom. The second-order valence-electron chi connectivity index (χ2n) is 3.72. The highest BCUT2D eigenvalue weighted by Gasteiger charge is 2.17. The summed E-state index contributed by atoms with van der Waals surface area (Å²) >= 11 is 0. The minimum Gasteiger partial charge on any atom is -0.376 e. The molecule has 1 atom stereocenters. The monoisotopic (exact) mass is 209 g/mol. The van der Waals surface area contributed by atoms with E-state index in [1.165, 1.54) is 0 Å². The van der Waals surface area contributed by atoms with Gasteiger partial charge in [0.05, 0.1) is 6.10 Å². The van der Waals surface area contributed by atoms with Crippen LogP contribution >= 0.6 is 0 Å². The summed E-state index contributed by atoms with van der Waals surface area (Å²) < 4.78 is 7.02. The average Bonchev–Trinajstić information content (AvgIpc) is 2.84. The van der Waals surface area contributed by atoms with Crippen LogP contribution in [0, 0.1) is 0 Å². The number of nitrogens with one attached hydrogen (secondary N) is 1. The third kappa shape index (κ3) is 2.56. The van der Waals surface area contributed by atoms with Crippen LogP contribution in [0.25, 0.3) is 0 Å². The first kappa shape index (κ1) is 10.2. The van der Waals surface area contributed by atoms with Gasteiger partial charge in [-0.1, -0.05) is 0 Å². The van der Waals surface area contributed by atoms with Crippen LogP contribution in [0.15, 0.2) is 12.3 Å². The Morgan fingerprint density at radius 2 is 2.67 bits per heavy atom. The normalized spacial score (nSPS) is 20.5. The molecule has 1 aliphatic rings. The van der Waals surface area contributed by atoms with Crippen molar-refractivity contribution in [2.24, 2.45) is 7.05 Å². The van der Waals surface area contributed by atoms with Gasteiger partial charge in [0.1, 0.15) is 5.69 Å². The molecule has 0 spiro atoms. The van der Waals surface area contributed by atoms with E-state index in [1.807, 2.05) is 0 Å². The fourth-order valence-corrected chi connectivity index (χ4v) is 1.64. The largest absolute Gasteiger partial charge is 0.376 e. The molecule has 15 heavy (non-hydrogen) atoms. The molecule has 1 saturated heterocycles. The number of rotatable bonds is 3. The molecule has 1 amide bonds. The van der Waals surface area contributed by atoms with E-state index in [2.05, 4.69) is 10.4 Å². The van der Waals surface area contributed by atoms with Crippen LogP contribution in [0.4, 0.5) is 0 Å². The first-order chi connectivity index (χ1) is 7.25. The summed E-state index contributed by atoms with van der Waals surface area (Å²) in [6.07, 6.45) is 4.05. The lowest BCUT2D eigenvalue weighted by molar-refractivity contribution is 0.0853. The fraction of sp³-hybridized carbons (Fsp3) is 0.600. The second kappa shape index (κ2) is 4.44. The van der Waals surface area contributed by atoms with E-state index in [4.69, 9.17) is 4.74 Å². The molecule has 1 aliphatic heterocycles. The maximum Gasteiger partial charge on any atom is 0.271 e. The Labute approximate surface area is 88.4 Å². The van der Waals surface area contributed by atoms with Gasteiger partial charge >= 0.3 is 0 Å². The van der Waals surface area contributed by atoms with Gasteiger partial charge in [0, 0.05) is 26.4 Å². The Morgan fingerprint density at radius 3 is 3.27 bits per heavy atom. The van der Waals surface area contributed by atoms with E-state index in [1.54, 1.807) is 24.0 Å². The number of aryl methyl sites for hydroxylation is 1. The standard InChI is InChI=1S/C10H15N3O2/c1-13-5-4-9(12-13)10(14)11-7-8-3-2-6-15-8/h4-5,8H,2-3,6-7H2,1H3,(H,11,14). The number of carbonyl (C=O) groups excluding carboxylic acids is 1. The van der Waals surface area contributed by atoms with Crippen molar-refractivity contribution in [3.63, 3.8) is 0 Å². The summed E-state index contributed by atoms with van der Waals surface area (Å²) in [6.45, 7) is 1.39. The predicted octanol–water partition coefficient (Wildman–Crippen LogP) is 0.329. The topological polar surface area (TPSA) is 56.2 Å². The molecule has 0 radical (unpaired) electrons.